The highest BCUT2D eigenvalue weighted by molar-refractivity contribution is 9.10. The number of carbonyl (C=O) groups excluding carboxylic acids is 9. The van der Waals surface area contributed by atoms with Gasteiger partial charge in [0.15, 0.2) is 0 Å². The summed E-state index contributed by atoms with van der Waals surface area (Å²) in [6.07, 6.45) is 6.01. The van der Waals surface area contributed by atoms with Gasteiger partial charge in [0, 0.05) is 605 Å². The van der Waals surface area contributed by atoms with Crippen molar-refractivity contribution in [2.45, 2.75) is 77.5 Å². The topological polar surface area (TPSA) is 261 Å². The van der Waals surface area contributed by atoms with Gasteiger partial charge in [-0.25, -0.2) is 4.79 Å². The third-order valence-electron chi connectivity index (χ3n) is 11.8. The Morgan fingerprint density at radius 1 is 0.393 bits per heavy atom. The van der Waals surface area contributed by atoms with Gasteiger partial charge in [0.05, 0.1) is 81.7 Å². The molecule has 0 saturated carbocycles. The van der Waals surface area contributed by atoms with Crippen LogP contribution >= 0.6 is 15.9 Å². The molecule has 2 aromatic rings. The van der Waals surface area contributed by atoms with Crippen LogP contribution < -0.4 is 16.0 Å². The van der Waals surface area contributed by atoms with Gasteiger partial charge >= 0.3 is 6.09 Å². The van der Waals surface area contributed by atoms with Crippen LogP contribution in [0.1, 0.15) is 107 Å². The lowest BCUT2D eigenvalue weighted by Gasteiger charge is -2.27. The number of terminal acetylenes is 1. The number of nitrogens with zero attached hydrogens (tertiary/aromatic N) is 2. The smallest absolute Gasteiger partial charge is 0.407 e. The number of rotatable bonds is 21. The van der Waals surface area contributed by atoms with Crippen molar-refractivity contribution in [2.75, 3.05) is 85.8 Å². The van der Waals surface area contributed by atoms with Crippen LogP contribution in [0.5, 0.6) is 0 Å². The molecule has 0 radical (unpaired) electrons. The van der Waals surface area contributed by atoms with Crippen molar-refractivity contribution >= 4 is 638 Å². The van der Waals surface area contributed by atoms with Gasteiger partial charge in [0.25, 0.3) is 23.6 Å². The molecule has 9 amide bonds. The maximum Gasteiger partial charge on any atom is 0.407 e. The first-order valence-corrected chi connectivity index (χ1v) is 115. The summed E-state index contributed by atoms with van der Waals surface area (Å²) in [5, 5.41) is 6.93. The number of ether oxygens (including phenoxy) is 7. The average molecular weight is 3090 g/mol. The van der Waals surface area contributed by atoms with E-state index >= 15 is 0 Å². The molecule has 0 aliphatic carbocycles. The molecule has 2 fully saturated rings. The number of benzene rings is 2. The number of hydrogen-bond donors (Lipinski definition) is 3. The number of piperidine rings is 2. The van der Waals surface area contributed by atoms with Gasteiger partial charge in [0.1, 0.15) is 30.9 Å². The Morgan fingerprint density at radius 2 is 0.667 bits per heavy atom. The molecule has 3 N–H and O–H groups in total. The summed E-state index contributed by atoms with van der Waals surface area (Å²) in [5.74, 6) is 3.89. The summed E-state index contributed by atoms with van der Waals surface area (Å²) in [6.45, 7) is 13.2. The molecule has 135 heavy (non-hydrogen) atoms. The van der Waals surface area contributed by atoms with Gasteiger partial charge < -0.3 is 38.5 Å². The molecule has 2 saturated heterocycles. The van der Waals surface area contributed by atoms with E-state index in [-0.39, 0.29) is 60.5 Å². The molecular weight excluding hydrogens is 3030 g/mol. The predicted molar refractivity (Wildman–Crippen MR) is 723 cm³/mol. The fraction of sp³-hybridized carbons (Fsp3) is 0.500. The van der Waals surface area contributed by atoms with E-state index in [1.165, 1.54) is 41.6 Å². The van der Waals surface area contributed by atoms with Gasteiger partial charge in [-0.05, 0) is 80.2 Å². The Morgan fingerprint density at radius 3 is 0.956 bits per heavy atom. The highest BCUT2D eigenvalue weighted by Crippen LogP contribution is 2.33. The number of nitrogens with one attached hydrogen (secondary N) is 3. The van der Waals surface area contributed by atoms with E-state index in [2.05, 4.69) is 49.6 Å². The van der Waals surface area contributed by atoms with Gasteiger partial charge in [0.2, 0.25) is 23.6 Å². The van der Waals surface area contributed by atoms with Gasteiger partial charge in [-0.15, -0.1) is 6.42 Å². The summed E-state index contributed by atoms with van der Waals surface area (Å²) < 4.78 is 37.2. The quantitative estimate of drug-likeness (QED) is 0.0922. The molecule has 4 aliphatic heterocycles. The molecule has 766 valence electrons. The molecule has 4 heterocycles. The van der Waals surface area contributed by atoms with E-state index in [0.29, 0.717) is 82.6 Å². The van der Waals surface area contributed by atoms with Gasteiger partial charge in [-0.3, -0.25) is 58.8 Å². The van der Waals surface area contributed by atoms with Crippen molar-refractivity contribution < 1.29 is 76.3 Å². The number of halogens is 1. The maximum atomic E-state index is 13.0. The third kappa shape index (κ3) is 76.7. The Kier molecular flexibility index (Phi) is 103. The normalized spacial score (nSPS) is 12.7. The highest BCUT2D eigenvalue weighted by Gasteiger charge is 2.47. The largest absolute Gasteiger partial charge is 0.444 e. The minimum atomic E-state index is -1.00. The zero-order valence-electron chi connectivity index (χ0n) is 66.4. The molecule has 2 aromatic carbocycles. The standard InChI is InChI=1S/C23H26N2O7.C14H25NO5.C13H9BrN2O4.S33.S30/c1-2-10-30-12-14-32-15-13-31-11-4-6-16-5-3-7-17-20(16)23(29)25(22(17)28)18-8-9-19(26)24-21(18)27;1-5-7-17-9-11-19-12-10-18-8-6-15-13(16)20-14(2,3)4;14-7-3-1-2-6-10(7)13(20)16(12(6)19)8-4-5-9(17)15-11(8)18;1-3-5-7-9-11-13-15-17-19-21-23-25-27-29-31-33-32-30-28-26-24-22-20-18-16-14-12-10-8-6-4-2;1-3-5-7-9-11-13-15-17-19-21-23-25-27-29-30-28-26-24-22-20-18-16-14-12-10-8-6-4-2/h3,5,7,18H,2,8-15H2,1H3,(H,24,26,27);1H,6-12H2,2-4H3,(H,15,16);1-3,8H,4-5H2,(H,15,17,18);;. The Hall–Kier alpha value is 7.49. The van der Waals surface area contributed by atoms with E-state index in [9.17, 15) is 43.2 Å². The summed E-state index contributed by atoms with van der Waals surface area (Å²) in [7, 11) is 104. The van der Waals surface area contributed by atoms with E-state index in [0.717, 1.165) is 22.8 Å². The van der Waals surface area contributed by atoms with Crippen LogP contribution in [-0.2, 0) is 621 Å². The number of amides is 9. The van der Waals surface area contributed by atoms with Crippen LogP contribution in [0.4, 0.5) is 4.79 Å². The number of carbonyl (C=O) groups is 9. The minimum Gasteiger partial charge on any atom is -0.444 e. The molecule has 0 spiro atoms. The zero-order chi connectivity index (χ0) is 98.4. The number of alkyl carbamates (subject to hydrolysis) is 1. The first-order valence-electron chi connectivity index (χ1n) is 33.4. The number of imide groups is 4. The Balaban J connectivity index is 0.000000579. The van der Waals surface area contributed by atoms with E-state index in [1.807, 2.05) is 285 Å². The second-order valence-corrected chi connectivity index (χ2v) is 126. The van der Waals surface area contributed by atoms with Crippen LogP contribution in [0.15, 0.2) is 40.9 Å². The molecule has 6 rings (SSSR count). The number of fused-ring (bicyclic) bond motifs is 2. The first-order chi connectivity index (χ1) is 65.8. The van der Waals surface area contributed by atoms with E-state index in [4.69, 9.17) is 84.3 Å². The number of hydrogen-bond acceptors (Lipinski definition) is 20. The maximum absolute atomic E-state index is 13.0. The minimum absolute atomic E-state index is 0.0727. The lowest BCUT2D eigenvalue weighted by Crippen LogP contribution is -2.54. The Labute approximate surface area is 975 Å². The second-order valence-electron chi connectivity index (χ2n) is 20.8. The van der Waals surface area contributed by atoms with Crippen molar-refractivity contribution in [1.82, 2.24) is 25.8 Å². The molecule has 0 bridgehead atoms. The van der Waals surface area contributed by atoms with E-state index in [1.54, 1.807) is 261 Å². The lowest BCUT2D eigenvalue weighted by atomic mass is 10.0. The molecule has 2 atom stereocenters. The summed E-state index contributed by atoms with van der Waals surface area (Å²) >= 11 is 22.4. The van der Waals surface area contributed by atoms with Crippen molar-refractivity contribution in [3.05, 3.63) is 68.7 Å². The van der Waals surface area contributed by atoms with Crippen molar-refractivity contribution in [1.29, 1.82) is 0 Å². The SMILES string of the molecule is C#CCOCCOCCOCCNC(=O)OC(C)(C)C.CCCOCCOCCOCC#Cc1cccc2c1C(=O)N(C1CCC(=O)NC1=O)C2=O.O=C1CCC(N2C(=O)c3cccc(Br)c3C2=O)C(=O)N1.S=S=S=S=S=S=S=S=S=S=S=S=S=S=S=S=S=S=S=S=S=S=S=S=S=S=S=S=S=S.S=S=S=S=S=S=S=S=S=S=S=S=S=S=S=S=S=S=S=S=S=S=S=S=S=S=S=S=S=S=S=S=S. The summed E-state index contributed by atoms with van der Waals surface area (Å²) in [5.41, 5.74) is 0.816. The van der Waals surface area contributed by atoms with E-state index < -0.39 is 65.1 Å². The molecular formula is C50H60BrN5O16S63. The summed E-state index contributed by atoms with van der Waals surface area (Å²) in [4.78, 5) is 110. The molecule has 0 aromatic heterocycles. The lowest BCUT2D eigenvalue weighted by molar-refractivity contribution is -0.137. The van der Waals surface area contributed by atoms with Crippen LogP contribution in [-0.4, -0.2) is 167 Å². The molecule has 2 unspecified atom stereocenters. The first kappa shape index (κ1) is 139. The van der Waals surface area contributed by atoms with Gasteiger partial charge in [-0.1, -0.05) is 36.8 Å². The zero-order valence-corrected chi connectivity index (χ0v) is 119. The van der Waals surface area contributed by atoms with Crippen molar-refractivity contribution in [3.63, 3.8) is 0 Å². The molecule has 21 nitrogen and oxygen atoms in total. The molecule has 85 heteroatoms. The molecule has 4 aliphatic rings. The van der Waals surface area contributed by atoms with Crippen LogP contribution in [0.3, 0.4) is 0 Å². The second kappa shape index (κ2) is 101. The monoisotopic (exact) mass is 3080 g/mol. The summed E-state index contributed by atoms with van der Waals surface area (Å²) in [6, 6.07) is 7.75. The van der Waals surface area contributed by atoms with Crippen LogP contribution in [0.2, 0.25) is 0 Å². The van der Waals surface area contributed by atoms with Crippen molar-refractivity contribution in [2.24, 2.45) is 0 Å². The van der Waals surface area contributed by atoms with Crippen molar-refractivity contribution in [3.8, 4) is 24.2 Å². The van der Waals surface area contributed by atoms with Gasteiger partial charge in [-0.2, -0.15) is 0 Å². The Bertz CT molecular complexity index is 7520. The third-order valence-corrected chi connectivity index (χ3v) is 139. The fourth-order valence-corrected chi connectivity index (χ4v) is 159. The highest BCUT2D eigenvalue weighted by atomic mass is 79.9. The van der Waals surface area contributed by atoms with Crippen LogP contribution in [0, 0.1) is 24.2 Å². The fourth-order valence-electron chi connectivity index (χ4n) is 7.67. The predicted octanol–water partition coefficient (Wildman–Crippen LogP) is 2.79. The average Bonchev–Trinajstić information content (AvgIpc) is 1.61. The van der Waals surface area contributed by atoms with Crippen LogP contribution in [0.25, 0.3) is 0 Å².